The van der Waals surface area contributed by atoms with Crippen LogP contribution >= 0.6 is 0 Å². The van der Waals surface area contributed by atoms with Crippen molar-refractivity contribution in [3.05, 3.63) is 29.3 Å². The van der Waals surface area contributed by atoms with Gasteiger partial charge in [0.05, 0.1) is 11.7 Å². The normalized spacial score (nSPS) is 19.6. The molecule has 1 unspecified atom stereocenters. The molecule has 4 nitrogen and oxygen atoms in total. The molecule has 0 spiro atoms. The minimum atomic E-state index is -0.971. The Balaban J connectivity index is 2.50. The van der Waals surface area contributed by atoms with Crippen molar-refractivity contribution in [3.8, 4) is 0 Å². The third-order valence-electron chi connectivity index (χ3n) is 2.37. The highest BCUT2D eigenvalue weighted by molar-refractivity contribution is 6.61. The number of hydrogen-bond acceptors (Lipinski definition) is 3. The highest BCUT2D eigenvalue weighted by Crippen LogP contribution is 2.23. The summed E-state index contributed by atoms with van der Waals surface area (Å²) < 4.78 is 5.13. The van der Waals surface area contributed by atoms with E-state index in [4.69, 9.17) is 9.76 Å². The van der Waals surface area contributed by atoms with Gasteiger partial charge >= 0.3 is 13.1 Å². The van der Waals surface area contributed by atoms with Gasteiger partial charge in [0.2, 0.25) is 0 Å². The van der Waals surface area contributed by atoms with Gasteiger partial charge in [0, 0.05) is 0 Å². The number of fused-ring (bicyclic) bond motifs is 1. The fraction of sp³-hybridized carbons (Fsp3) is 0.222. The molecular formula is C9H9BO4. The van der Waals surface area contributed by atoms with Crippen molar-refractivity contribution in [3.63, 3.8) is 0 Å². The standard InChI is InChI=1S/C9H9BO4/c1-5-7-4-6(9(11)12)2-3-8(7)10(13)14-5/h2-5,13H,1H3,(H,11,12). The quantitative estimate of drug-likeness (QED) is 0.622. The lowest BCUT2D eigenvalue weighted by atomic mass is 9.79. The maximum Gasteiger partial charge on any atom is 0.491 e. The molecule has 1 aliphatic rings. The molecule has 1 aromatic rings. The maximum atomic E-state index is 10.7. The lowest BCUT2D eigenvalue weighted by molar-refractivity contribution is 0.0696. The minimum absolute atomic E-state index is 0.216. The summed E-state index contributed by atoms with van der Waals surface area (Å²) in [6.07, 6.45) is -0.251. The fourth-order valence-electron chi connectivity index (χ4n) is 1.62. The van der Waals surface area contributed by atoms with Gasteiger partial charge in [-0.15, -0.1) is 0 Å². The first-order valence-electron chi connectivity index (χ1n) is 4.30. The molecule has 0 aliphatic carbocycles. The summed E-state index contributed by atoms with van der Waals surface area (Å²) in [5.41, 5.74) is 1.62. The van der Waals surface area contributed by atoms with Crippen LogP contribution in [0.5, 0.6) is 0 Å². The molecule has 0 saturated heterocycles. The molecule has 0 aromatic heterocycles. The molecular weight excluding hydrogens is 183 g/mol. The highest BCUT2D eigenvalue weighted by Gasteiger charge is 2.32. The van der Waals surface area contributed by atoms with Crippen LogP contribution in [0.2, 0.25) is 0 Å². The predicted molar refractivity (Wildman–Crippen MR) is 50.5 cm³/mol. The zero-order valence-electron chi connectivity index (χ0n) is 7.60. The van der Waals surface area contributed by atoms with Crippen LogP contribution in [-0.4, -0.2) is 23.2 Å². The number of carboxylic acids is 1. The Morgan fingerprint density at radius 2 is 2.29 bits per heavy atom. The van der Waals surface area contributed by atoms with Crippen LogP contribution < -0.4 is 5.46 Å². The Kier molecular flexibility index (Phi) is 2.05. The summed E-state index contributed by atoms with van der Waals surface area (Å²) in [5, 5.41) is 18.2. The van der Waals surface area contributed by atoms with Crippen LogP contribution in [0.15, 0.2) is 18.2 Å². The summed E-state index contributed by atoms with van der Waals surface area (Å²) in [7, 11) is -0.928. The van der Waals surface area contributed by atoms with Crippen molar-refractivity contribution in [1.82, 2.24) is 0 Å². The maximum absolute atomic E-state index is 10.7. The second kappa shape index (κ2) is 3.11. The highest BCUT2D eigenvalue weighted by atomic mass is 16.5. The third-order valence-corrected chi connectivity index (χ3v) is 2.37. The molecule has 5 heteroatoms. The van der Waals surface area contributed by atoms with E-state index >= 15 is 0 Å². The molecule has 2 N–H and O–H groups in total. The van der Waals surface area contributed by atoms with Crippen LogP contribution in [0.1, 0.15) is 28.9 Å². The van der Waals surface area contributed by atoms with Crippen molar-refractivity contribution in [1.29, 1.82) is 0 Å². The van der Waals surface area contributed by atoms with E-state index < -0.39 is 13.1 Å². The molecule has 14 heavy (non-hydrogen) atoms. The molecule has 0 fully saturated rings. The average Bonchev–Trinajstić information content (AvgIpc) is 2.42. The Morgan fingerprint density at radius 1 is 1.57 bits per heavy atom. The average molecular weight is 192 g/mol. The van der Waals surface area contributed by atoms with Gasteiger partial charge in [0.1, 0.15) is 0 Å². The van der Waals surface area contributed by atoms with E-state index in [1.54, 1.807) is 19.1 Å². The Morgan fingerprint density at radius 3 is 2.93 bits per heavy atom. The topological polar surface area (TPSA) is 66.8 Å². The molecule has 1 heterocycles. The van der Waals surface area contributed by atoms with Gasteiger partial charge in [0.25, 0.3) is 0 Å². The minimum Gasteiger partial charge on any atom is -0.478 e. The van der Waals surface area contributed by atoms with Crippen molar-refractivity contribution in [2.75, 3.05) is 0 Å². The first kappa shape index (κ1) is 9.24. The van der Waals surface area contributed by atoms with Crippen molar-refractivity contribution >= 4 is 18.6 Å². The van der Waals surface area contributed by atoms with E-state index in [-0.39, 0.29) is 11.7 Å². The first-order chi connectivity index (χ1) is 6.59. The van der Waals surface area contributed by atoms with E-state index in [2.05, 4.69) is 0 Å². The lowest BCUT2D eigenvalue weighted by Crippen LogP contribution is -2.28. The molecule has 1 aromatic carbocycles. The van der Waals surface area contributed by atoms with Crippen LogP contribution in [0.4, 0.5) is 0 Å². The Labute approximate surface area is 81.3 Å². The van der Waals surface area contributed by atoms with Crippen LogP contribution in [0, 0.1) is 0 Å². The first-order valence-corrected chi connectivity index (χ1v) is 4.30. The summed E-state index contributed by atoms with van der Waals surface area (Å²) in [6, 6.07) is 4.59. The summed E-state index contributed by atoms with van der Waals surface area (Å²) >= 11 is 0. The summed E-state index contributed by atoms with van der Waals surface area (Å²) in [6.45, 7) is 1.78. The number of rotatable bonds is 1. The molecule has 0 radical (unpaired) electrons. The number of carbonyl (C=O) groups is 1. The molecule has 0 saturated carbocycles. The van der Waals surface area contributed by atoms with Gasteiger partial charge < -0.3 is 14.8 Å². The van der Waals surface area contributed by atoms with Crippen LogP contribution in [0.3, 0.4) is 0 Å². The lowest BCUT2D eigenvalue weighted by Gasteiger charge is -2.04. The zero-order chi connectivity index (χ0) is 10.3. The predicted octanol–water partition coefficient (Wildman–Crippen LogP) is 0.163. The van der Waals surface area contributed by atoms with E-state index in [0.717, 1.165) is 5.56 Å². The Hall–Kier alpha value is -1.33. The molecule has 0 bridgehead atoms. The van der Waals surface area contributed by atoms with Crippen molar-refractivity contribution < 1.29 is 19.6 Å². The Bertz CT molecular complexity index is 390. The number of aromatic carboxylic acids is 1. The molecule has 1 aliphatic heterocycles. The van der Waals surface area contributed by atoms with Gasteiger partial charge in [-0.2, -0.15) is 0 Å². The molecule has 1 atom stereocenters. The molecule has 72 valence electrons. The van der Waals surface area contributed by atoms with Gasteiger partial charge in [-0.3, -0.25) is 0 Å². The largest absolute Gasteiger partial charge is 0.491 e. The van der Waals surface area contributed by atoms with E-state index in [0.29, 0.717) is 5.46 Å². The molecule has 0 amide bonds. The number of carboxylic acid groups (broad SMARTS) is 1. The summed E-state index contributed by atoms with van der Waals surface area (Å²) in [5.74, 6) is -0.971. The van der Waals surface area contributed by atoms with E-state index in [9.17, 15) is 9.82 Å². The number of hydrogen-bond donors (Lipinski definition) is 2. The second-order valence-corrected chi connectivity index (χ2v) is 3.28. The van der Waals surface area contributed by atoms with Gasteiger partial charge in [-0.25, -0.2) is 4.79 Å². The zero-order valence-corrected chi connectivity index (χ0v) is 7.60. The van der Waals surface area contributed by atoms with Gasteiger partial charge in [-0.1, -0.05) is 6.07 Å². The monoisotopic (exact) mass is 192 g/mol. The fourth-order valence-corrected chi connectivity index (χ4v) is 1.62. The molecule has 2 rings (SSSR count). The van der Waals surface area contributed by atoms with E-state index in [1.165, 1.54) is 6.07 Å². The third kappa shape index (κ3) is 1.30. The number of benzene rings is 1. The smallest absolute Gasteiger partial charge is 0.478 e. The second-order valence-electron chi connectivity index (χ2n) is 3.28. The van der Waals surface area contributed by atoms with Crippen molar-refractivity contribution in [2.24, 2.45) is 0 Å². The van der Waals surface area contributed by atoms with Crippen molar-refractivity contribution in [2.45, 2.75) is 13.0 Å². The van der Waals surface area contributed by atoms with Gasteiger partial charge in [-0.05, 0) is 30.1 Å². The SMILES string of the molecule is CC1OB(O)c2ccc(C(=O)O)cc21. The van der Waals surface area contributed by atoms with Crippen LogP contribution in [0.25, 0.3) is 0 Å². The summed E-state index contributed by atoms with van der Waals surface area (Å²) in [4.78, 5) is 10.7. The van der Waals surface area contributed by atoms with Gasteiger partial charge in [0.15, 0.2) is 0 Å². The van der Waals surface area contributed by atoms with Crippen LogP contribution in [-0.2, 0) is 4.65 Å². The van der Waals surface area contributed by atoms with E-state index in [1.807, 2.05) is 0 Å².